The van der Waals surface area contributed by atoms with Crippen LogP contribution in [0.1, 0.15) is 0 Å². The van der Waals surface area contributed by atoms with Crippen LogP contribution in [0.2, 0.25) is 10.0 Å². The smallest absolute Gasteiger partial charge is 0.423 e. The molecule has 6 heterocycles. The van der Waals surface area contributed by atoms with Crippen LogP contribution in [0.4, 0.5) is 0 Å². The summed E-state index contributed by atoms with van der Waals surface area (Å²) in [7, 11) is -1.50. The standard InChI is InChI=1S/C23H14ClN3O.C14H9BrN2O.C9H7BClNO2/c24-19-13-17(11-15-7-4-10-25-22(15)19)18-12-16-8-9-20(28)26-23(16)27-21(18)14-5-2-1-3-6-14;15-11-8-10-6-7-12(18)16-14(10)17-13(11)9-4-2-1-3-5-9;11-8-5-7(10(13)14)4-6-2-1-3-12-9(6)8/h1-13H,(H,26,27,28);1-8H,(H,16,17,18);1-5,13-14H. The first-order valence-corrected chi connectivity index (χ1v) is 20.0. The Balaban J connectivity index is 0.000000134. The normalized spacial score (nSPS) is 10.9. The molecular weight excluding hydrogens is 862 g/mol. The van der Waals surface area contributed by atoms with E-state index in [0.29, 0.717) is 32.3 Å². The van der Waals surface area contributed by atoms with Gasteiger partial charge in [0.1, 0.15) is 11.3 Å². The average molecular weight is 892 g/mol. The Bertz CT molecular complexity index is 3300. The lowest BCUT2D eigenvalue weighted by Crippen LogP contribution is -2.29. The van der Waals surface area contributed by atoms with Crippen LogP contribution < -0.4 is 16.6 Å². The van der Waals surface area contributed by atoms with Crippen molar-refractivity contribution in [3.8, 4) is 33.6 Å². The number of aromatic nitrogens is 6. The number of H-pyrrole nitrogens is 2. The molecule has 4 aromatic carbocycles. The summed E-state index contributed by atoms with van der Waals surface area (Å²) in [5, 5.41) is 22.5. The molecule has 10 aromatic rings. The van der Waals surface area contributed by atoms with Gasteiger partial charge in [0.25, 0.3) is 0 Å². The summed E-state index contributed by atoms with van der Waals surface area (Å²) in [4.78, 5) is 46.4. The van der Waals surface area contributed by atoms with Crippen molar-refractivity contribution in [3.05, 3.63) is 193 Å². The Hall–Kier alpha value is -6.54. The van der Waals surface area contributed by atoms with Crippen molar-refractivity contribution in [1.29, 1.82) is 0 Å². The minimum Gasteiger partial charge on any atom is -0.423 e. The minimum absolute atomic E-state index is 0.142. The lowest BCUT2D eigenvalue weighted by atomic mass is 9.80. The molecule has 10 rings (SSSR count). The second-order valence-electron chi connectivity index (χ2n) is 13.4. The van der Waals surface area contributed by atoms with Gasteiger partial charge in [0, 0.05) is 67.2 Å². The molecule has 0 bridgehead atoms. The second kappa shape index (κ2) is 17.8. The van der Waals surface area contributed by atoms with Gasteiger partial charge in [-0.2, -0.15) is 0 Å². The van der Waals surface area contributed by atoms with Crippen LogP contribution in [-0.2, 0) is 0 Å². The summed E-state index contributed by atoms with van der Waals surface area (Å²) < 4.78 is 0.910. The number of fused-ring (bicyclic) bond motifs is 4. The van der Waals surface area contributed by atoms with E-state index < -0.39 is 7.12 Å². The van der Waals surface area contributed by atoms with Crippen molar-refractivity contribution >= 4 is 95.6 Å². The van der Waals surface area contributed by atoms with E-state index >= 15 is 0 Å². The van der Waals surface area contributed by atoms with E-state index in [1.54, 1.807) is 36.7 Å². The maximum Gasteiger partial charge on any atom is 0.488 e. The number of hydrogen-bond donors (Lipinski definition) is 4. The van der Waals surface area contributed by atoms with Gasteiger partial charge in [-0.1, -0.05) is 102 Å². The Morgan fingerprint density at radius 1 is 0.517 bits per heavy atom. The number of nitrogens with one attached hydrogen (secondary N) is 2. The first-order valence-electron chi connectivity index (χ1n) is 18.4. The number of nitrogens with zero attached hydrogens (tertiary/aromatic N) is 4. The molecule has 6 aromatic heterocycles. The van der Waals surface area contributed by atoms with Gasteiger partial charge in [0.15, 0.2) is 0 Å². The van der Waals surface area contributed by atoms with Gasteiger partial charge in [0.2, 0.25) is 11.1 Å². The van der Waals surface area contributed by atoms with Crippen LogP contribution in [0.3, 0.4) is 0 Å². The summed E-state index contributed by atoms with van der Waals surface area (Å²) in [6.45, 7) is 0. The van der Waals surface area contributed by atoms with Crippen LogP contribution >= 0.6 is 39.1 Å². The average Bonchev–Trinajstić information content (AvgIpc) is 3.27. The minimum atomic E-state index is -1.50. The molecule has 0 amide bonds. The molecule has 0 atom stereocenters. The highest BCUT2D eigenvalue weighted by molar-refractivity contribution is 9.10. The molecule has 10 nitrogen and oxygen atoms in total. The SMILES string of the molecule is O=c1ccc2cc(-c3cc(Cl)c4ncccc4c3)c(-c3ccccc3)nc2[nH]1.O=c1ccc2cc(Br)c(-c3ccccc3)nc2[nH]1.OB(O)c1cc(Cl)c2ncccc2c1. The number of pyridine rings is 6. The molecule has 0 aliphatic rings. The number of rotatable bonds is 4. The molecule has 292 valence electrons. The zero-order valence-electron chi connectivity index (χ0n) is 31.2. The fraction of sp³-hybridized carbons (Fsp3) is 0. The zero-order valence-corrected chi connectivity index (χ0v) is 34.3. The number of benzene rings is 4. The first kappa shape index (κ1) is 40.3. The number of halogens is 3. The summed E-state index contributed by atoms with van der Waals surface area (Å²) >= 11 is 16.0. The van der Waals surface area contributed by atoms with E-state index in [1.165, 1.54) is 18.2 Å². The fourth-order valence-electron chi connectivity index (χ4n) is 6.59. The van der Waals surface area contributed by atoms with E-state index in [9.17, 15) is 9.59 Å². The molecule has 0 unspecified atom stereocenters. The third kappa shape index (κ3) is 8.88. The van der Waals surface area contributed by atoms with E-state index in [-0.39, 0.29) is 11.1 Å². The molecule has 14 heteroatoms. The largest absolute Gasteiger partial charge is 0.488 e. The van der Waals surface area contributed by atoms with Crippen LogP contribution in [0.15, 0.2) is 172 Å². The third-order valence-electron chi connectivity index (χ3n) is 9.41. The van der Waals surface area contributed by atoms with Gasteiger partial charge in [-0.3, -0.25) is 19.6 Å². The molecular formula is C46H30BBrCl2N6O4. The molecule has 0 aliphatic carbocycles. The highest BCUT2D eigenvalue weighted by Gasteiger charge is 2.15. The van der Waals surface area contributed by atoms with Gasteiger partial charge in [-0.05, 0) is 81.6 Å². The maximum absolute atomic E-state index is 11.8. The van der Waals surface area contributed by atoms with Crippen molar-refractivity contribution < 1.29 is 10.0 Å². The Morgan fingerprint density at radius 3 is 1.62 bits per heavy atom. The van der Waals surface area contributed by atoms with Crippen molar-refractivity contribution in [1.82, 2.24) is 29.9 Å². The highest BCUT2D eigenvalue weighted by atomic mass is 79.9. The Kier molecular flexibility index (Phi) is 11.9. The van der Waals surface area contributed by atoms with Crippen molar-refractivity contribution in [2.75, 3.05) is 0 Å². The Labute approximate surface area is 360 Å². The molecule has 0 aliphatic heterocycles. The molecule has 0 radical (unpaired) electrons. The monoisotopic (exact) mass is 890 g/mol. The van der Waals surface area contributed by atoms with E-state index in [4.69, 9.17) is 38.2 Å². The predicted octanol–water partition coefficient (Wildman–Crippen LogP) is 9.38. The van der Waals surface area contributed by atoms with Gasteiger partial charge >= 0.3 is 7.12 Å². The first-order chi connectivity index (χ1) is 29.1. The predicted molar refractivity (Wildman–Crippen MR) is 246 cm³/mol. The van der Waals surface area contributed by atoms with Gasteiger partial charge in [-0.25, -0.2) is 9.97 Å². The topological polar surface area (TPSA) is 158 Å². The second-order valence-corrected chi connectivity index (χ2v) is 15.1. The van der Waals surface area contributed by atoms with Gasteiger partial charge in [-0.15, -0.1) is 0 Å². The summed E-state index contributed by atoms with van der Waals surface area (Å²) in [5.41, 5.74) is 8.13. The fourth-order valence-corrected chi connectivity index (χ4v) is 7.71. The van der Waals surface area contributed by atoms with Crippen molar-refractivity contribution in [2.45, 2.75) is 0 Å². The van der Waals surface area contributed by atoms with Crippen molar-refractivity contribution in [3.63, 3.8) is 0 Å². The molecule has 0 saturated carbocycles. The molecule has 4 N–H and O–H groups in total. The van der Waals surface area contributed by atoms with Crippen molar-refractivity contribution in [2.24, 2.45) is 0 Å². The quantitative estimate of drug-likeness (QED) is 0.127. The molecule has 0 fully saturated rings. The molecule has 0 spiro atoms. The zero-order chi connectivity index (χ0) is 41.8. The lowest BCUT2D eigenvalue weighted by Gasteiger charge is -2.12. The van der Waals surface area contributed by atoms with Gasteiger partial charge < -0.3 is 20.0 Å². The summed E-state index contributed by atoms with van der Waals surface area (Å²) in [6, 6.07) is 44.9. The van der Waals surface area contributed by atoms with Crippen LogP contribution in [0.25, 0.3) is 77.5 Å². The summed E-state index contributed by atoms with van der Waals surface area (Å²) in [5.74, 6) is 0. The lowest BCUT2D eigenvalue weighted by molar-refractivity contribution is 0.426. The van der Waals surface area contributed by atoms with E-state index in [2.05, 4.69) is 46.9 Å². The number of hydrogen-bond acceptors (Lipinski definition) is 8. The van der Waals surface area contributed by atoms with E-state index in [1.807, 2.05) is 97.1 Å². The number of aromatic amines is 2. The molecule has 60 heavy (non-hydrogen) atoms. The van der Waals surface area contributed by atoms with Crippen LogP contribution in [-0.4, -0.2) is 47.1 Å². The van der Waals surface area contributed by atoms with Gasteiger partial charge in [0.05, 0.1) is 32.5 Å². The third-order valence-corrected chi connectivity index (χ3v) is 10.6. The highest BCUT2D eigenvalue weighted by Crippen LogP contribution is 2.36. The van der Waals surface area contributed by atoms with E-state index in [0.717, 1.165) is 65.2 Å². The summed E-state index contributed by atoms with van der Waals surface area (Å²) in [6.07, 6.45) is 3.38. The maximum atomic E-state index is 11.8. The van der Waals surface area contributed by atoms with Crippen LogP contribution in [0, 0.1) is 0 Å². The Morgan fingerprint density at radius 2 is 1.03 bits per heavy atom. The van der Waals surface area contributed by atoms with Crippen LogP contribution in [0.5, 0.6) is 0 Å². The molecule has 0 saturated heterocycles.